The summed E-state index contributed by atoms with van der Waals surface area (Å²) < 4.78 is 29.0. The van der Waals surface area contributed by atoms with Crippen molar-refractivity contribution in [3.8, 4) is 0 Å². The van der Waals surface area contributed by atoms with Gasteiger partial charge in [0, 0.05) is 23.4 Å². The minimum atomic E-state index is -3.78. The summed E-state index contributed by atoms with van der Waals surface area (Å²) in [6.07, 6.45) is 4.91. The highest BCUT2D eigenvalue weighted by Gasteiger charge is 2.40. The molecular formula is C26H25N3O4S. The van der Waals surface area contributed by atoms with Crippen LogP contribution >= 0.6 is 0 Å². The topological polar surface area (TPSA) is 101 Å². The fraction of sp³-hybridized carbons (Fsp3) is 0.231. The number of rotatable bonds is 5. The zero-order valence-corrected chi connectivity index (χ0v) is 19.7. The Morgan fingerprint density at radius 2 is 1.79 bits per heavy atom. The molecule has 3 aromatic rings. The summed E-state index contributed by atoms with van der Waals surface area (Å²) in [6.45, 7) is 3.92. The highest BCUT2D eigenvalue weighted by molar-refractivity contribution is 7.92. The van der Waals surface area contributed by atoms with Crippen LogP contribution in [0.15, 0.2) is 77.7 Å². The van der Waals surface area contributed by atoms with Gasteiger partial charge < -0.3 is 5.32 Å². The first-order chi connectivity index (χ1) is 16.2. The number of allylic oxidation sites excluding steroid dienone is 2. The molecule has 0 fully saturated rings. The van der Waals surface area contributed by atoms with Crippen LogP contribution in [0.5, 0.6) is 0 Å². The lowest BCUT2D eigenvalue weighted by Crippen LogP contribution is -2.30. The summed E-state index contributed by atoms with van der Waals surface area (Å²) >= 11 is 0. The third-order valence-corrected chi connectivity index (χ3v) is 8.25. The van der Waals surface area contributed by atoms with Gasteiger partial charge in [-0.1, -0.05) is 36.4 Å². The van der Waals surface area contributed by atoms with Crippen molar-refractivity contribution in [2.75, 3.05) is 10.0 Å². The van der Waals surface area contributed by atoms with E-state index in [1.54, 1.807) is 36.4 Å². The molecule has 5 rings (SSSR count). The summed E-state index contributed by atoms with van der Waals surface area (Å²) in [7, 11) is -3.78. The van der Waals surface area contributed by atoms with E-state index in [1.807, 2.05) is 32.0 Å². The number of hydrogen-bond donors (Lipinski definition) is 2. The molecule has 0 radical (unpaired) electrons. The quantitative estimate of drug-likeness (QED) is 0.274. The van der Waals surface area contributed by atoms with E-state index in [-0.39, 0.29) is 33.4 Å². The van der Waals surface area contributed by atoms with Gasteiger partial charge in [0.05, 0.1) is 21.4 Å². The zero-order chi connectivity index (χ0) is 24.0. The van der Waals surface area contributed by atoms with Gasteiger partial charge in [-0.05, 0) is 73.2 Å². The summed E-state index contributed by atoms with van der Waals surface area (Å²) in [6, 6.07) is 17.1. The summed E-state index contributed by atoms with van der Waals surface area (Å²) in [5.74, 6) is 0.0251. The van der Waals surface area contributed by atoms with Crippen molar-refractivity contribution >= 4 is 27.1 Å². The maximum atomic E-state index is 13.2. The second-order valence-corrected chi connectivity index (χ2v) is 10.6. The Morgan fingerprint density at radius 1 is 1.00 bits per heavy atom. The molecule has 0 saturated heterocycles. The van der Waals surface area contributed by atoms with Gasteiger partial charge in [-0.25, -0.2) is 8.42 Å². The lowest BCUT2D eigenvalue weighted by atomic mass is 9.76. The Bertz CT molecular complexity index is 1430. The summed E-state index contributed by atoms with van der Waals surface area (Å²) in [5, 5.41) is 15.1. The molecule has 0 amide bonds. The number of fused-ring (bicyclic) bond motifs is 3. The standard InChI is InChI=1S/C26H25N3O4S/c1-16-10-11-18(14-17(16)2)28-34(32,33)19-12-13-24-23(15-19)20-7-5-8-21(20)26(27-24)22-6-3-4-9-25(22)29(30)31/h3-7,9-15,20-21,26-28H,8H2,1-2H3/t20-,21+,26-/m0/s1. The van der Waals surface area contributed by atoms with E-state index in [4.69, 9.17) is 0 Å². The molecule has 1 heterocycles. The van der Waals surface area contributed by atoms with Crippen LogP contribution in [0, 0.1) is 29.9 Å². The van der Waals surface area contributed by atoms with E-state index < -0.39 is 10.0 Å². The maximum Gasteiger partial charge on any atom is 0.274 e. The Labute approximate surface area is 198 Å². The summed E-state index contributed by atoms with van der Waals surface area (Å²) in [4.78, 5) is 11.5. The number of aryl methyl sites for hydroxylation is 2. The van der Waals surface area contributed by atoms with Crippen LogP contribution in [0.25, 0.3) is 0 Å². The van der Waals surface area contributed by atoms with Gasteiger partial charge in [-0.15, -0.1) is 0 Å². The van der Waals surface area contributed by atoms with Gasteiger partial charge in [0.2, 0.25) is 0 Å². The van der Waals surface area contributed by atoms with Gasteiger partial charge in [-0.3, -0.25) is 14.8 Å². The minimum absolute atomic E-state index is 0.0298. The number of nitro benzene ring substituents is 1. The molecule has 2 aliphatic rings. The molecule has 174 valence electrons. The van der Waals surface area contributed by atoms with Crippen molar-refractivity contribution in [1.82, 2.24) is 0 Å². The van der Waals surface area contributed by atoms with E-state index in [2.05, 4.69) is 22.2 Å². The van der Waals surface area contributed by atoms with Crippen LogP contribution in [-0.4, -0.2) is 13.3 Å². The molecule has 0 bridgehead atoms. The van der Waals surface area contributed by atoms with Crippen LogP contribution in [0.3, 0.4) is 0 Å². The van der Waals surface area contributed by atoms with Gasteiger partial charge >= 0.3 is 0 Å². The number of para-hydroxylation sites is 1. The monoisotopic (exact) mass is 475 g/mol. The van der Waals surface area contributed by atoms with Crippen LogP contribution in [-0.2, 0) is 10.0 Å². The van der Waals surface area contributed by atoms with E-state index >= 15 is 0 Å². The second kappa shape index (κ2) is 8.29. The maximum absolute atomic E-state index is 13.2. The molecule has 3 atom stereocenters. The van der Waals surface area contributed by atoms with Gasteiger partial charge in [-0.2, -0.15) is 0 Å². The molecule has 34 heavy (non-hydrogen) atoms. The molecule has 1 aliphatic heterocycles. The lowest BCUT2D eigenvalue weighted by molar-refractivity contribution is -0.385. The van der Waals surface area contributed by atoms with Crippen LogP contribution < -0.4 is 10.0 Å². The Morgan fingerprint density at radius 3 is 2.56 bits per heavy atom. The number of sulfonamides is 1. The zero-order valence-electron chi connectivity index (χ0n) is 18.9. The predicted molar refractivity (Wildman–Crippen MR) is 133 cm³/mol. The Hall–Kier alpha value is -3.65. The first-order valence-corrected chi connectivity index (χ1v) is 12.6. The number of hydrogen-bond acceptors (Lipinski definition) is 5. The number of nitro groups is 1. The molecule has 7 nitrogen and oxygen atoms in total. The average Bonchev–Trinajstić information content (AvgIpc) is 3.31. The van der Waals surface area contributed by atoms with Crippen molar-refractivity contribution in [1.29, 1.82) is 0 Å². The van der Waals surface area contributed by atoms with Crippen molar-refractivity contribution < 1.29 is 13.3 Å². The summed E-state index contributed by atoms with van der Waals surface area (Å²) in [5.41, 5.74) is 5.03. The van der Waals surface area contributed by atoms with Gasteiger partial charge in [0.1, 0.15) is 0 Å². The fourth-order valence-corrected chi connectivity index (χ4v) is 6.07. The molecule has 0 spiro atoms. The Kier molecular flexibility index (Phi) is 5.40. The van der Waals surface area contributed by atoms with Crippen molar-refractivity contribution in [2.24, 2.45) is 5.92 Å². The second-order valence-electron chi connectivity index (χ2n) is 8.95. The lowest BCUT2D eigenvalue weighted by Gasteiger charge is -2.37. The van der Waals surface area contributed by atoms with Gasteiger partial charge in [0.15, 0.2) is 0 Å². The Balaban J connectivity index is 1.50. The molecule has 3 aromatic carbocycles. The molecule has 1 aliphatic carbocycles. The number of anilines is 2. The SMILES string of the molecule is Cc1ccc(NS(=O)(=O)c2ccc3c(c2)[C@H]2C=CC[C@H]2[C@@H](c2ccccc2[N+](=O)[O-])N3)cc1C. The normalized spacial score (nSPS) is 20.8. The highest BCUT2D eigenvalue weighted by Crippen LogP contribution is 2.51. The van der Waals surface area contributed by atoms with Crippen molar-refractivity contribution in [2.45, 2.75) is 37.1 Å². The van der Waals surface area contributed by atoms with Crippen LogP contribution in [0.4, 0.5) is 17.1 Å². The molecule has 8 heteroatoms. The fourth-order valence-electron chi connectivity index (χ4n) is 4.98. The third-order valence-electron chi connectivity index (χ3n) is 6.87. The predicted octanol–water partition coefficient (Wildman–Crippen LogP) is 5.84. The molecule has 0 saturated carbocycles. The first-order valence-electron chi connectivity index (χ1n) is 11.1. The molecule has 0 unspecified atom stereocenters. The van der Waals surface area contributed by atoms with Gasteiger partial charge in [0.25, 0.3) is 15.7 Å². The smallest absolute Gasteiger partial charge is 0.274 e. The van der Waals surface area contributed by atoms with E-state index in [9.17, 15) is 18.5 Å². The van der Waals surface area contributed by atoms with Crippen molar-refractivity contribution in [3.63, 3.8) is 0 Å². The third kappa shape index (κ3) is 3.84. The van der Waals surface area contributed by atoms with E-state index in [0.717, 1.165) is 28.8 Å². The minimum Gasteiger partial charge on any atom is -0.377 e. The molecule has 2 N–H and O–H groups in total. The van der Waals surface area contributed by atoms with Crippen LogP contribution in [0.1, 0.15) is 40.6 Å². The number of benzene rings is 3. The van der Waals surface area contributed by atoms with Crippen LogP contribution in [0.2, 0.25) is 0 Å². The van der Waals surface area contributed by atoms with E-state index in [0.29, 0.717) is 11.3 Å². The van der Waals surface area contributed by atoms with E-state index in [1.165, 1.54) is 6.07 Å². The molecule has 0 aromatic heterocycles. The van der Waals surface area contributed by atoms with Crippen molar-refractivity contribution in [3.05, 3.63) is 105 Å². The molecular weight excluding hydrogens is 450 g/mol. The average molecular weight is 476 g/mol. The largest absolute Gasteiger partial charge is 0.377 e. The number of nitrogens with one attached hydrogen (secondary N) is 2. The number of nitrogens with zero attached hydrogens (tertiary/aromatic N) is 1. The first kappa shape index (κ1) is 22.2. The highest BCUT2D eigenvalue weighted by atomic mass is 32.2.